The fourth-order valence-corrected chi connectivity index (χ4v) is 1.64. The van der Waals surface area contributed by atoms with Gasteiger partial charge in [-0.3, -0.25) is 14.4 Å². The molecule has 112 valence electrons. The number of carbonyl (C=O) groups excluding carboxylic acids is 3. The van der Waals surface area contributed by atoms with Gasteiger partial charge in [0, 0.05) is 25.5 Å². The number of hydrogen-bond donors (Lipinski definition) is 1. The van der Waals surface area contributed by atoms with Crippen molar-refractivity contribution < 1.29 is 19.1 Å². The number of methoxy groups -OCH3 is 1. The third-order valence-electron chi connectivity index (χ3n) is 2.80. The smallest absolute Gasteiger partial charge is 0.305 e. The van der Waals surface area contributed by atoms with Crippen LogP contribution in [0.5, 0.6) is 0 Å². The van der Waals surface area contributed by atoms with Crippen LogP contribution in [0.3, 0.4) is 0 Å². The number of esters is 1. The predicted octanol–water partition coefficient (Wildman–Crippen LogP) is 1.97. The van der Waals surface area contributed by atoms with Gasteiger partial charge in [-0.05, 0) is 5.56 Å². The molecule has 5 heteroatoms. The van der Waals surface area contributed by atoms with Crippen LogP contribution in [-0.4, -0.2) is 31.3 Å². The van der Waals surface area contributed by atoms with Crippen LogP contribution in [0.4, 0.5) is 0 Å². The molecule has 0 aliphatic rings. The number of ketones is 1. The van der Waals surface area contributed by atoms with Crippen LogP contribution in [0, 0.1) is 0 Å². The highest BCUT2D eigenvalue weighted by atomic mass is 16.5. The first kappa shape index (κ1) is 16.6. The van der Waals surface area contributed by atoms with Crippen LogP contribution < -0.4 is 5.32 Å². The lowest BCUT2D eigenvalue weighted by Crippen LogP contribution is -2.19. The largest absolute Gasteiger partial charge is 0.469 e. The Balaban J connectivity index is 2.51. The molecule has 0 radical (unpaired) electrons. The molecule has 0 spiro atoms. The average molecular weight is 289 g/mol. The van der Waals surface area contributed by atoms with Crippen molar-refractivity contribution in [3.8, 4) is 0 Å². The van der Waals surface area contributed by atoms with Crippen molar-refractivity contribution in [1.29, 1.82) is 0 Å². The highest BCUT2D eigenvalue weighted by Crippen LogP contribution is 2.09. The second-order valence-corrected chi connectivity index (χ2v) is 4.46. The predicted molar refractivity (Wildman–Crippen MR) is 79.7 cm³/mol. The van der Waals surface area contributed by atoms with Gasteiger partial charge in [-0.1, -0.05) is 36.4 Å². The monoisotopic (exact) mass is 289 g/mol. The minimum Gasteiger partial charge on any atom is -0.469 e. The fraction of sp³-hybridized carbons (Fsp3) is 0.312. The van der Waals surface area contributed by atoms with Crippen molar-refractivity contribution in [1.82, 2.24) is 5.32 Å². The van der Waals surface area contributed by atoms with E-state index in [1.54, 1.807) is 12.1 Å². The summed E-state index contributed by atoms with van der Waals surface area (Å²) in [4.78, 5) is 33.5. The molecule has 0 heterocycles. The van der Waals surface area contributed by atoms with Gasteiger partial charge in [-0.25, -0.2) is 0 Å². The Kier molecular flexibility index (Phi) is 6.87. The highest BCUT2D eigenvalue weighted by Gasteiger charge is 2.08. The normalized spacial score (nSPS) is 10.4. The Morgan fingerprint density at radius 1 is 1.14 bits per heavy atom. The number of carbonyl (C=O) groups is 3. The molecule has 1 rings (SSSR count). The number of Topliss-reactive ketones (excluding diaryl/α,β-unsaturated/α-hetero) is 1. The van der Waals surface area contributed by atoms with E-state index in [4.69, 9.17) is 0 Å². The molecule has 0 bridgehead atoms. The maximum atomic E-state index is 11.8. The van der Waals surface area contributed by atoms with Gasteiger partial charge in [0.15, 0.2) is 5.78 Å². The van der Waals surface area contributed by atoms with Gasteiger partial charge < -0.3 is 10.1 Å². The Morgan fingerprint density at radius 3 is 2.38 bits per heavy atom. The zero-order valence-corrected chi connectivity index (χ0v) is 12.2. The van der Waals surface area contributed by atoms with E-state index in [1.807, 2.05) is 24.3 Å². The number of nitrogens with one attached hydrogen (secondary N) is 1. The zero-order valence-electron chi connectivity index (χ0n) is 12.2. The lowest BCUT2D eigenvalue weighted by atomic mass is 10.0. The van der Waals surface area contributed by atoms with Crippen LogP contribution in [0.25, 0.3) is 6.08 Å². The summed E-state index contributed by atoms with van der Waals surface area (Å²) in [5, 5.41) is 2.65. The maximum Gasteiger partial charge on any atom is 0.305 e. The number of hydrogen-bond acceptors (Lipinski definition) is 4. The standard InChI is InChI=1S/C16H19NO4/c1-12(18)17-11-3-4-13-5-7-14(8-6-13)15(19)9-10-16(20)21-2/h3-8H,9-11H2,1-2H3,(H,17,18). The first-order valence-electron chi connectivity index (χ1n) is 6.64. The molecule has 1 amide bonds. The van der Waals surface area contributed by atoms with Crippen LogP contribution in [-0.2, 0) is 14.3 Å². The summed E-state index contributed by atoms with van der Waals surface area (Å²) < 4.78 is 4.50. The van der Waals surface area contributed by atoms with Gasteiger partial charge in [0.2, 0.25) is 5.91 Å². The number of ether oxygens (including phenoxy) is 1. The fourth-order valence-electron chi connectivity index (χ4n) is 1.64. The SMILES string of the molecule is COC(=O)CCC(=O)c1ccc(C=CCNC(C)=O)cc1. The Labute approximate surface area is 124 Å². The molecule has 0 aromatic heterocycles. The van der Waals surface area contributed by atoms with Crippen LogP contribution in [0.15, 0.2) is 30.3 Å². The second-order valence-electron chi connectivity index (χ2n) is 4.46. The van der Waals surface area contributed by atoms with E-state index in [0.717, 1.165) is 5.56 Å². The van der Waals surface area contributed by atoms with Gasteiger partial charge in [0.1, 0.15) is 0 Å². The third kappa shape index (κ3) is 6.51. The molecule has 1 aromatic carbocycles. The quantitative estimate of drug-likeness (QED) is 0.615. The molecule has 0 saturated heterocycles. The highest BCUT2D eigenvalue weighted by molar-refractivity contribution is 5.97. The molecular formula is C16H19NO4. The molecule has 0 atom stereocenters. The van der Waals surface area contributed by atoms with Gasteiger partial charge in [0.05, 0.1) is 13.5 Å². The topological polar surface area (TPSA) is 72.5 Å². The van der Waals surface area contributed by atoms with Crippen molar-refractivity contribution in [2.24, 2.45) is 0 Å². The van der Waals surface area contributed by atoms with E-state index >= 15 is 0 Å². The summed E-state index contributed by atoms with van der Waals surface area (Å²) in [6, 6.07) is 7.07. The Bertz CT molecular complexity index is 532. The van der Waals surface area contributed by atoms with Crippen LogP contribution in [0.2, 0.25) is 0 Å². The molecular weight excluding hydrogens is 270 g/mol. The first-order chi connectivity index (χ1) is 10.0. The molecule has 1 N–H and O–H groups in total. The van der Waals surface area contributed by atoms with Gasteiger partial charge >= 0.3 is 5.97 Å². The molecule has 5 nitrogen and oxygen atoms in total. The summed E-state index contributed by atoms with van der Waals surface area (Å²) in [5.74, 6) is -0.554. The van der Waals surface area contributed by atoms with E-state index in [1.165, 1.54) is 14.0 Å². The van der Waals surface area contributed by atoms with Crippen molar-refractivity contribution in [3.63, 3.8) is 0 Å². The summed E-state index contributed by atoms with van der Waals surface area (Å²) in [5.41, 5.74) is 1.50. The lowest BCUT2D eigenvalue weighted by Gasteiger charge is -2.01. The van der Waals surface area contributed by atoms with E-state index < -0.39 is 0 Å². The summed E-state index contributed by atoms with van der Waals surface area (Å²) in [6.45, 7) is 1.93. The van der Waals surface area contributed by atoms with Crippen molar-refractivity contribution >= 4 is 23.7 Å². The Morgan fingerprint density at radius 2 is 1.81 bits per heavy atom. The number of amides is 1. The van der Waals surface area contributed by atoms with Gasteiger partial charge in [0.25, 0.3) is 0 Å². The summed E-state index contributed by atoms with van der Waals surface area (Å²) in [6.07, 6.45) is 3.92. The van der Waals surface area contributed by atoms with E-state index in [9.17, 15) is 14.4 Å². The number of benzene rings is 1. The minimum absolute atomic E-state index is 0.0776. The van der Waals surface area contributed by atoms with E-state index in [-0.39, 0.29) is 30.5 Å². The average Bonchev–Trinajstić information content (AvgIpc) is 2.49. The van der Waals surface area contributed by atoms with Gasteiger partial charge in [-0.15, -0.1) is 0 Å². The molecule has 0 aliphatic heterocycles. The molecule has 0 fully saturated rings. The van der Waals surface area contributed by atoms with Crippen molar-refractivity contribution in [2.75, 3.05) is 13.7 Å². The van der Waals surface area contributed by atoms with E-state index in [2.05, 4.69) is 10.1 Å². The minimum atomic E-state index is -0.388. The van der Waals surface area contributed by atoms with Crippen LogP contribution in [0.1, 0.15) is 35.7 Å². The molecule has 0 saturated carbocycles. The molecule has 0 aliphatic carbocycles. The maximum absolute atomic E-state index is 11.8. The molecule has 1 aromatic rings. The van der Waals surface area contributed by atoms with Crippen LogP contribution >= 0.6 is 0 Å². The zero-order chi connectivity index (χ0) is 15.7. The van der Waals surface area contributed by atoms with Gasteiger partial charge in [-0.2, -0.15) is 0 Å². The third-order valence-corrected chi connectivity index (χ3v) is 2.80. The molecule has 21 heavy (non-hydrogen) atoms. The molecule has 0 unspecified atom stereocenters. The number of rotatable bonds is 7. The summed E-state index contributed by atoms with van der Waals surface area (Å²) in [7, 11) is 1.30. The van der Waals surface area contributed by atoms with Crippen molar-refractivity contribution in [3.05, 3.63) is 41.5 Å². The van der Waals surface area contributed by atoms with Crippen molar-refractivity contribution in [2.45, 2.75) is 19.8 Å². The Hall–Kier alpha value is -2.43. The second kappa shape index (κ2) is 8.68. The first-order valence-corrected chi connectivity index (χ1v) is 6.64. The lowest BCUT2D eigenvalue weighted by molar-refractivity contribution is -0.140. The van der Waals surface area contributed by atoms with E-state index in [0.29, 0.717) is 12.1 Å². The summed E-state index contributed by atoms with van der Waals surface area (Å²) >= 11 is 0.